The van der Waals surface area contributed by atoms with Gasteiger partial charge in [-0.2, -0.15) is 0 Å². The SMILES string of the molecule is CN(C)C(=NCCS(=O)C(C)(C)C)N(C)C. The summed E-state index contributed by atoms with van der Waals surface area (Å²) in [6.45, 7) is 6.58. The summed E-state index contributed by atoms with van der Waals surface area (Å²) in [4.78, 5) is 8.37. The van der Waals surface area contributed by atoms with Crippen LogP contribution in [0.5, 0.6) is 0 Å². The van der Waals surface area contributed by atoms with E-state index in [0.717, 1.165) is 5.96 Å². The van der Waals surface area contributed by atoms with Gasteiger partial charge in [-0.15, -0.1) is 0 Å². The number of aliphatic imine (C=N–C) groups is 1. The molecule has 0 aromatic rings. The van der Waals surface area contributed by atoms with Crippen LogP contribution in [0, 0.1) is 0 Å². The van der Waals surface area contributed by atoms with Crippen molar-refractivity contribution in [3.8, 4) is 0 Å². The fourth-order valence-electron chi connectivity index (χ4n) is 1.22. The van der Waals surface area contributed by atoms with E-state index in [0.29, 0.717) is 12.3 Å². The number of rotatable bonds is 3. The van der Waals surface area contributed by atoms with Crippen LogP contribution in [0.4, 0.5) is 0 Å². The van der Waals surface area contributed by atoms with Crippen molar-refractivity contribution in [2.75, 3.05) is 40.5 Å². The molecule has 0 aliphatic heterocycles. The zero-order chi connectivity index (χ0) is 12.9. The zero-order valence-corrected chi connectivity index (χ0v) is 12.4. The molecule has 0 heterocycles. The Morgan fingerprint density at radius 3 is 1.88 bits per heavy atom. The molecule has 0 radical (unpaired) electrons. The molecule has 1 atom stereocenters. The molecule has 0 aliphatic rings. The first kappa shape index (κ1) is 15.4. The van der Waals surface area contributed by atoms with Crippen LogP contribution in [0.15, 0.2) is 4.99 Å². The summed E-state index contributed by atoms with van der Waals surface area (Å²) in [5, 5.41) is 0. The van der Waals surface area contributed by atoms with Gasteiger partial charge in [-0.25, -0.2) is 0 Å². The lowest BCUT2D eigenvalue weighted by molar-refractivity contribution is 0.480. The maximum atomic E-state index is 11.8. The quantitative estimate of drug-likeness (QED) is 0.552. The molecule has 0 aromatic heterocycles. The third-order valence-corrected chi connectivity index (χ3v) is 3.93. The summed E-state index contributed by atoms with van der Waals surface area (Å²) in [5.41, 5.74) is 0. The molecule has 1 unspecified atom stereocenters. The van der Waals surface area contributed by atoms with Crippen LogP contribution in [0.25, 0.3) is 0 Å². The molecule has 5 heteroatoms. The monoisotopic (exact) mass is 247 g/mol. The summed E-state index contributed by atoms with van der Waals surface area (Å²) >= 11 is 0. The lowest BCUT2D eigenvalue weighted by Gasteiger charge is -2.23. The van der Waals surface area contributed by atoms with Crippen molar-refractivity contribution in [2.45, 2.75) is 25.5 Å². The molecule has 16 heavy (non-hydrogen) atoms. The van der Waals surface area contributed by atoms with Gasteiger partial charge in [0, 0.05) is 49.5 Å². The maximum absolute atomic E-state index is 11.8. The molecule has 0 spiro atoms. The molecule has 0 aromatic carbocycles. The summed E-state index contributed by atoms with van der Waals surface area (Å²) in [6.07, 6.45) is 0. The highest BCUT2D eigenvalue weighted by molar-refractivity contribution is 7.86. The largest absolute Gasteiger partial charge is 0.349 e. The van der Waals surface area contributed by atoms with Crippen molar-refractivity contribution in [1.82, 2.24) is 9.80 Å². The Labute approximate surface area is 102 Å². The zero-order valence-electron chi connectivity index (χ0n) is 11.6. The topological polar surface area (TPSA) is 35.9 Å². The van der Waals surface area contributed by atoms with Gasteiger partial charge in [-0.1, -0.05) is 0 Å². The second-order valence-electron chi connectivity index (χ2n) is 5.13. The number of nitrogens with zero attached hydrogens (tertiary/aromatic N) is 3. The molecule has 0 rings (SSSR count). The second-order valence-corrected chi connectivity index (χ2v) is 7.46. The van der Waals surface area contributed by atoms with E-state index >= 15 is 0 Å². The Bertz CT molecular complexity index is 257. The third-order valence-electron chi connectivity index (χ3n) is 2.01. The Balaban J connectivity index is 4.32. The van der Waals surface area contributed by atoms with E-state index in [1.54, 1.807) is 0 Å². The first-order valence-corrected chi connectivity index (χ1v) is 6.75. The molecule has 0 aliphatic carbocycles. The highest BCUT2D eigenvalue weighted by Gasteiger charge is 2.18. The van der Waals surface area contributed by atoms with Crippen LogP contribution in [0.3, 0.4) is 0 Å². The van der Waals surface area contributed by atoms with E-state index in [1.807, 2.05) is 58.8 Å². The van der Waals surface area contributed by atoms with Crippen molar-refractivity contribution in [3.63, 3.8) is 0 Å². The molecule has 0 saturated heterocycles. The number of hydrogen-bond acceptors (Lipinski definition) is 2. The van der Waals surface area contributed by atoms with Crippen LogP contribution in [-0.4, -0.2) is 65.2 Å². The molecule has 0 fully saturated rings. The van der Waals surface area contributed by atoms with Crippen molar-refractivity contribution in [1.29, 1.82) is 0 Å². The van der Waals surface area contributed by atoms with Gasteiger partial charge in [0.15, 0.2) is 5.96 Å². The minimum absolute atomic E-state index is 0.147. The first-order chi connectivity index (χ1) is 7.16. The van der Waals surface area contributed by atoms with E-state index < -0.39 is 10.8 Å². The van der Waals surface area contributed by atoms with Crippen molar-refractivity contribution < 1.29 is 4.21 Å². The molecule has 0 amide bonds. The van der Waals surface area contributed by atoms with Crippen LogP contribution >= 0.6 is 0 Å². The van der Waals surface area contributed by atoms with E-state index in [1.165, 1.54) is 0 Å². The van der Waals surface area contributed by atoms with Crippen molar-refractivity contribution in [2.24, 2.45) is 4.99 Å². The summed E-state index contributed by atoms with van der Waals surface area (Å²) < 4.78 is 11.7. The first-order valence-electron chi connectivity index (χ1n) is 5.44. The van der Waals surface area contributed by atoms with Crippen molar-refractivity contribution >= 4 is 16.8 Å². The van der Waals surface area contributed by atoms with Crippen LogP contribution in [0.1, 0.15) is 20.8 Å². The average molecular weight is 247 g/mol. The van der Waals surface area contributed by atoms with E-state index in [2.05, 4.69) is 4.99 Å². The van der Waals surface area contributed by atoms with Crippen LogP contribution < -0.4 is 0 Å². The fourth-order valence-corrected chi connectivity index (χ4v) is 2.09. The summed E-state index contributed by atoms with van der Waals surface area (Å²) in [6, 6.07) is 0. The van der Waals surface area contributed by atoms with Gasteiger partial charge in [-0.05, 0) is 20.8 Å². The number of guanidine groups is 1. The van der Waals surface area contributed by atoms with Gasteiger partial charge in [-0.3, -0.25) is 9.20 Å². The molecule has 0 bridgehead atoms. The Kier molecular flexibility index (Phi) is 6.00. The van der Waals surface area contributed by atoms with Gasteiger partial charge in [0.05, 0.1) is 6.54 Å². The molecule has 0 N–H and O–H groups in total. The summed E-state index contributed by atoms with van der Waals surface area (Å²) in [7, 11) is 7.01. The predicted octanol–water partition coefficient (Wildman–Crippen LogP) is 1.01. The maximum Gasteiger partial charge on any atom is 0.195 e. The predicted molar refractivity (Wildman–Crippen MR) is 72.4 cm³/mol. The molecular weight excluding hydrogens is 222 g/mol. The molecule has 96 valence electrons. The van der Waals surface area contributed by atoms with Crippen molar-refractivity contribution in [3.05, 3.63) is 0 Å². The Morgan fingerprint density at radius 1 is 1.12 bits per heavy atom. The Morgan fingerprint density at radius 2 is 1.56 bits per heavy atom. The minimum atomic E-state index is -0.824. The van der Waals surface area contributed by atoms with E-state index in [4.69, 9.17) is 0 Å². The lowest BCUT2D eigenvalue weighted by atomic mass is 10.3. The van der Waals surface area contributed by atoms with Crippen LogP contribution in [0.2, 0.25) is 0 Å². The van der Waals surface area contributed by atoms with Gasteiger partial charge in [0.1, 0.15) is 0 Å². The molecule has 0 saturated carbocycles. The highest BCUT2D eigenvalue weighted by Crippen LogP contribution is 2.10. The van der Waals surface area contributed by atoms with Gasteiger partial charge < -0.3 is 9.80 Å². The minimum Gasteiger partial charge on any atom is -0.349 e. The average Bonchev–Trinajstić information content (AvgIpc) is 2.08. The lowest BCUT2D eigenvalue weighted by Crippen LogP contribution is -2.36. The Hall–Kier alpha value is -0.580. The standard InChI is InChI=1S/C11H25N3OS/c1-11(2,3)16(15)9-8-12-10(13(4)5)14(6)7/h8-9H2,1-7H3. The normalized spacial score (nSPS) is 13.2. The second kappa shape index (κ2) is 6.23. The van der Waals surface area contributed by atoms with Gasteiger partial charge in [0.25, 0.3) is 0 Å². The fraction of sp³-hybridized carbons (Fsp3) is 0.909. The van der Waals surface area contributed by atoms with Gasteiger partial charge in [0.2, 0.25) is 0 Å². The third kappa shape index (κ3) is 5.49. The van der Waals surface area contributed by atoms with Crippen LogP contribution in [-0.2, 0) is 10.8 Å². The number of hydrogen-bond donors (Lipinski definition) is 0. The smallest absolute Gasteiger partial charge is 0.195 e. The molecule has 4 nitrogen and oxygen atoms in total. The van der Waals surface area contributed by atoms with Gasteiger partial charge >= 0.3 is 0 Å². The molecular formula is C11H25N3OS. The van der Waals surface area contributed by atoms with E-state index in [9.17, 15) is 4.21 Å². The summed E-state index contributed by atoms with van der Waals surface area (Å²) in [5.74, 6) is 1.53. The van der Waals surface area contributed by atoms with E-state index in [-0.39, 0.29) is 4.75 Å². The highest BCUT2D eigenvalue weighted by atomic mass is 32.2.